The number of hydrogen-bond donors (Lipinski definition) is 1. The lowest BCUT2D eigenvalue weighted by Gasteiger charge is -2.32. The molecule has 2 fully saturated rings. The van der Waals surface area contributed by atoms with Gasteiger partial charge in [-0.25, -0.2) is 0 Å². The zero-order valence-corrected chi connectivity index (χ0v) is 17.3. The molecule has 1 aliphatic heterocycles. The molecule has 0 spiro atoms. The molecule has 3 rings (SSSR count). The van der Waals surface area contributed by atoms with Crippen LogP contribution in [-0.2, 0) is 14.3 Å². The van der Waals surface area contributed by atoms with Gasteiger partial charge in [0.05, 0.1) is 12.1 Å². The summed E-state index contributed by atoms with van der Waals surface area (Å²) in [6.07, 6.45) is 7.37. The highest BCUT2D eigenvalue weighted by atomic mass is 16.7. The third kappa shape index (κ3) is 5.34. The van der Waals surface area contributed by atoms with E-state index < -0.39 is 6.10 Å². The van der Waals surface area contributed by atoms with Crippen LogP contribution in [0.2, 0.25) is 0 Å². The summed E-state index contributed by atoms with van der Waals surface area (Å²) in [5, 5.41) is 10.6. The maximum Gasteiger partial charge on any atom is 0.228 e. The van der Waals surface area contributed by atoms with Crippen molar-refractivity contribution in [1.82, 2.24) is 4.90 Å². The monoisotopic (exact) mass is 389 g/mol. The Bertz CT molecular complexity index is 610. The standard InChI is InChI=1S/C23H35NO4/c1-18(21(25)19-10-4-3-5-11-19)24(2)22(26)23(14-15-23)13-7-9-17-28-20-12-6-8-16-27-20/h3-5,10-11,18,20-21,25H,6-9,12-17H2,1-2H3/t18-,20?,21+/m0/s1. The number of ether oxygens (including phenoxy) is 2. The first-order valence-electron chi connectivity index (χ1n) is 10.8. The van der Waals surface area contributed by atoms with Crippen molar-refractivity contribution < 1.29 is 19.4 Å². The molecule has 1 saturated heterocycles. The van der Waals surface area contributed by atoms with Crippen molar-refractivity contribution in [3.8, 4) is 0 Å². The number of aliphatic hydroxyl groups excluding tert-OH is 1. The quantitative estimate of drug-likeness (QED) is 0.613. The van der Waals surface area contributed by atoms with Crippen molar-refractivity contribution in [1.29, 1.82) is 0 Å². The van der Waals surface area contributed by atoms with Crippen LogP contribution in [0.15, 0.2) is 30.3 Å². The maximum atomic E-state index is 13.1. The van der Waals surface area contributed by atoms with Crippen LogP contribution in [-0.4, -0.2) is 48.5 Å². The van der Waals surface area contributed by atoms with E-state index in [1.165, 1.54) is 6.42 Å². The lowest BCUT2D eigenvalue weighted by Crippen LogP contribution is -2.43. The van der Waals surface area contributed by atoms with E-state index in [0.29, 0.717) is 6.61 Å². The average Bonchev–Trinajstić information content (AvgIpc) is 3.53. The predicted octanol–water partition coefficient (Wildman–Crippen LogP) is 4.06. The molecule has 3 atom stereocenters. The van der Waals surface area contributed by atoms with Gasteiger partial charge in [-0.05, 0) is 57.4 Å². The summed E-state index contributed by atoms with van der Waals surface area (Å²) < 4.78 is 11.4. The Labute approximate surface area is 169 Å². The zero-order valence-electron chi connectivity index (χ0n) is 17.3. The largest absolute Gasteiger partial charge is 0.386 e. The molecule has 156 valence electrons. The minimum atomic E-state index is -0.671. The fourth-order valence-corrected chi connectivity index (χ4v) is 4.04. The summed E-state index contributed by atoms with van der Waals surface area (Å²) in [5.74, 6) is 0.173. The van der Waals surface area contributed by atoms with Crippen molar-refractivity contribution in [3.05, 3.63) is 35.9 Å². The molecular weight excluding hydrogens is 354 g/mol. The predicted molar refractivity (Wildman–Crippen MR) is 109 cm³/mol. The van der Waals surface area contributed by atoms with Gasteiger partial charge in [-0.3, -0.25) is 4.79 Å². The van der Waals surface area contributed by atoms with Gasteiger partial charge in [0.15, 0.2) is 6.29 Å². The Kier molecular flexibility index (Phi) is 7.49. The van der Waals surface area contributed by atoms with Crippen LogP contribution in [0, 0.1) is 5.41 Å². The number of carbonyl (C=O) groups excluding carboxylic acids is 1. The molecule has 1 aromatic rings. The minimum absolute atomic E-state index is 0.0308. The Hall–Kier alpha value is -1.43. The number of likely N-dealkylation sites (N-methyl/N-ethyl adjacent to an activating group) is 1. The summed E-state index contributed by atoms with van der Waals surface area (Å²) in [5.41, 5.74) is 0.627. The molecule has 1 aliphatic carbocycles. The molecule has 1 unspecified atom stereocenters. The van der Waals surface area contributed by atoms with E-state index in [1.807, 2.05) is 44.3 Å². The second-order valence-electron chi connectivity index (χ2n) is 8.42. The Morgan fingerprint density at radius 3 is 2.68 bits per heavy atom. The van der Waals surface area contributed by atoms with Gasteiger partial charge in [0.1, 0.15) is 0 Å². The van der Waals surface area contributed by atoms with Crippen molar-refractivity contribution in [3.63, 3.8) is 0 Å². The number of carbonyl (C=O) groups is 1. The highest BCUT2D eigenvalue weighted by molar-refractivity contribution is 5.85. The summed E-state index contributed by atoms with van der Waals surface area (Å²) >= 11 is 0. The zero-order chi connectivity index (χ0) is 20.0. The second kappa shape index (κ2) is 9.86. The van der Waals surface area contributed by atoms with Crippen LogP contribution in [0.5, 0.6) is 0 Å². The lowest BCUT2D eigenvalue weighted by molar-refractivity contribution is -0.163. The summed E-state index contributed by atoms with van der Waals surface area (Å²) in [6.45, 7) is 3.43. The number of hydrogen-bond acceptors (Lipinski definition) is 4. The first-order valence-corrected chi connectivity index (χ1v) is 10.8. The van der Waals surface area contributed by atoms with Gasteiger partial charge < -0.3 is 19.5 Å². The highest BCUT2D eigenvalue weighted by Gasteiger charge is 2.51. The van der Waals surface area contributed by atoms with Gasteiger partial charge in [0.2, 0.25) is 5.91 Å². The smallest absolute Gasteiger partial charge is 0.228 e. The van der Waals surface area contributed by atoms with Crippen LogP contribution in [0.3, 0.4) is 0 Å². The Morgan fingerprint density at radius 1 is 1.29 bits per heavy atom. The molecule has 5 heteroatoms. The van der Waals surface area contributed by atoms with E-state index in [-0.39, 0.29) is 23.7 Å². The molecule has 1 aromatic carbocycles. The first-order chi connectivity index (χ1) is 13.5. The fourth-order valence-electron chi connectivity index (χ4n) is 4.04. The third-order valence-electron chi connectivity index (χ3n) is 6.33. The lowest BCUT2D eigenvalue weighted by atomic mass is 9.95. The van der Waals surface area contributed by atoms with Gasteiger partial charge in [0.25, 0.3) is 0 Å². The van der Waals surface area contributed by atoms with Crippen molar-refractivity contribution in [2.75, 3.05) is 20.3 Å². The average molecular weight is 390 g/mol. The highest BCUT2D eigenvalue weighted by Crippen LogP contribution is 2.51. The van der Waals surface area contributed by atoms with Gasteiger partial charge in [-0.1, -0.05) is 36.8 Å². The van der Waals surface area contributed by atoms with Crippen LogP contribution in [0.25, 0.3) is 0 Å². The van der Waals surface area contributed by atoms with Crippen LogP contribution in [0.4, 0.5) is 0 Å². The van der Waals surface area contributed by atoms with E-state index in [0.717, 1.165) is 57.1 Å². The summed E-state index contributed by atoms with van der Waals surface area (Å²) in [4.78, 5) is 14.8. The molecule has 0 aromatic heterocycles. The molecule has 5 nitrogen and oxygen atoms in total. The van der Waals surface area contributed by atoms with E-state index in [1.54, 1.807) is 4.90 Å². The van der Waals surface area contributed by atoms with Crippen LogP contribution in [0.1, 0.15) is 70.0 Å². The van der Waals surface area contributed by atoms with E-state index in [4.69, 9.17) is 9.47 Å². The van der Waals surface area contributed by atoms with E-state index >= 15 is 0 Å². The van der Waals surface area contributed by atoms with Crippen LogP contribution >= 0.6 is 0 Å². The summed E-state index contributed by atoms with van der Waals surface area (Å²) in [7, 11) is 1.82. The number of benzene rings is 1. The second-order valence-corrected chi connectivity index (χ2v) is 8.42. The van der Waals surface area contributed by atoms with Gasteiger partial charge >= 0.3 is 0 Å². The van der Waals surface area contributed by atoms with Gasteiger partial charge in [-0.2, -0.15) is 0 Å². The SMILES string of the molecule is C[C@@H]([C@@H](O)c1ccccc1)N(C)C(=O)C1(CCCCOC2CCCCO2)CC1. The van der Waals surface area contributed by atoms with Crippen molar-refractivity contribution in [2.24, 2.45) is 5.41 Å². The molecule has 1 amide bonds. The third-order valence-corrected chi connectivity index (χ3v) is 6.33. The van der Waals surface area contributed by atoms with E-state index in [9.17, 15) is 9.90 Å². The number of nitrogens with zero attached hydrogens (tertiary/aromatic N) is 1. The first kappa shape index (κ1) is 21.3. The fraction of sp³-hybridized carbons (Fsp3) is 0.696. The molecule has 1 saturated carbocycles. The Morgan fingerprint density at radius 2 is 2.04 bits per heavy atom. The number of rotatable bonds is 10. The molecule has 2 aliphatic rings. The molecule has 0 radical (unpaired) electrons. The molecular formula is C23H35NO4. The number of amides is 1. The molecule has 1 N–H and O–H groups in total. The minimum Gasteiger partial charge on any atom is -0.386 e. The topological polar surface area (TPSA) is 59.0 Å². The molecule has 1 heterocycles. The van der Waals surface area contributed by atoms with Crippen molar-refractivity contribution in [2.45, 2.75) is 76.7 Å². The molecule has 28 heavy (non-hydrogen) atoms. The number of unbranched alkanes of at least 4 members (excludes halogenated alkanes) is 1. The maximum absolute atomic E-state index is 13.1. The van der Waals surface area contributed by atoms with Crippen LogP contribution < -0.4 is 0 Å². The number of aliphatic hydroxyl groups is 1. The normalized spacial score (nSPS) is 23.0. The van der Waals surface area contributed by atoms with Crippen molar-refractivity contribution >= 4 is 5.91 Å². The van der Waals surface area contributed by atoms with Gasteiger partial charge in [0, 0.05) is 25.7 Å². The summed E-state index contributed by atoms with van der Waals surface area (Å²) in [6, 6.07) is 9.31. The molecule has 0 bridgehead atoms. The Balaban J connectivity index is 1.42. The van der Waals surface area contributed by atoms with E-state index in [2.05, 4.69) is 0 Å². The van der Waals surface area contributed by atoms with Gasteiger partial charge in [-0.15, -0.1) is 0 Å².